The molecule has 1 N–H and O–H groups in total. The van der Waals surface area contributed by atoms with E-state index in [0.29, 0.717) is 5.92 Å². The number of nitrogens with zero attached hydrogens (tertiary/aromatic N) is 2. The fraction of sp³-hybridized carbons (Fsp3) is 0.562. The summed E-state index contributed by atoms with van der Waals surface area (Å²) in [5.41, 5.74) is 2.62. The molecule has 0 saturated carbocycles. The molecule has 0 radical (unpaired) electrons. The van der Waals surface area contributed by atoms with Gasteiger partial charge in [0.05, 0.1) is 12.4 Å². The molecule has 0 aromatic carbocycles. The lowest BCUT2D eigenvalue weighted by Crippen LogP contribution is -2.28. The standard InChI is InChI=1S/C16H23N3O/c1-11-8-15(13(3)20-11)12(2)19-10-18-9-16(19)14-4-6-17-7-5-14/h8-10,12,14,17H,4-7H2,1-3H3. The minimum atomic E-state index is 0.278. The van der Waals surface area contributed by atoms with E-state index in [0.717, 1.165) is 24.6 Å². The molecule has 1 aliphatic rings. The summed E-state index contributed by atoms with van der Waals surface area (Å²) < 4.78 is 7.99. The van der Waals surface area contributed by atoms with E-state index in [9.17, 15) is 0 Å². The summed E-state index contributed by atoms with van der Waals surface area (Å²) >= 11 is 0. The molecule has 2 aromatic rings. The summed E-state index contributed by atoms with van der Waals surface area (Å²) in [7, 11) is 0. The molecule has 1 atom stereocenters. The second-order valence-electron chi connectivity index (χ2n) is 5.79. The Labute approximate surface area is 120 Å². The van der Waals surface area contributed by atoms with E-state index >= 15 is 0 Å². The zero-order valence-electron chi connectivity index (χ0n) is 12.5. The molecule has 0 amide bonds. The van der Waals surface area contributed by atoms with Gasteiger partial charge in [0.2, 0.25) is 0 Å². The zero-order valence-corrected chi connectivity index (χ0v) is 12.5. The van der Waals surface area contributed by atoms with Crippen LogP contribution in [0, 0.1) is 13.8 Å². The summed E-state index contributed by atoms with van der Waals surface area (Å²) in [4.78, 5) is 4.39. The second-order valence-corrected chi connectivity index (χ2v) is 5.79. The van der Waals surface area contributed by atoms with Gasteiger partial charge in [0.1, 0.15) is 11.5 Å². The molecule has 4 heteroatoms. The van der Waals surface area contributed by atoms with Crippen molar-refractivity contribution in [1.82, 2.24) is 14.9 Å². The number of nitrogens with one attached hydrogen (secondary N) is 1. The number of rotatable bonds is 3. The molecule has 0 bridgehead atoms. The number of aryl methyl sites for hydroxylation is 2. The normalized spacial score (nSPS) is 18.4. The number of aromatic nitrogens is 2. The molecule has 0 spiro atoms. The zero-order chi connectivity index (χ0) is 14.1. The fourth-order valence-corrected chi connectivity index (χ4v) is 3.29. The molecule has 20 heavy (non-hydrogen) atoms. The number of hydrogen-bond donors (Lipinski definition) is 1. The van der Waals surface area contributed by atoms with Crippen LogP contribution in [0.1, 0.15) is 54.5 Å². The molecule has 1 aliphatic heterocycles. The molecular weight excluding hydrogens is 250 g/mol. The Bertz CT molecular complexity index is 578. The van der Waals surface area contributed by atoms with Gasteiger partial charge in [-0.05, 0) is 52.8 Å². The smallest absolute Gasteiger partial charge is 0.106 e. The first-order valence-electron chi connectivity index (χ1n) is 7.46. The summed E-state index contributed by atoms with van der Waals surface area (Å²) in [5, 5.41) is 3.42. The third-order valence-electron chi connectivity index (χ3n) is 4.40. The van der Waals surface area contributed by atoms with Gasteiger partial charge in [-0.25, -0.2) is 4.98 Å². The van der Waals surface area contributed by atoms with Crippen LogP contribution in [-0.2, 0) is 0 Å². The SMILES string of the molecule is Cc1cc(C(C)n2cncc2C2CCNCC2)c(C)o1. The largest absolute Gasteiger partial charge is 0.466 e. The first-order valence-corrected chi connectivity index (χ1v) is 7.46. The highest BCUT2D eigenvalue weighted by Gasteiger charge is 2.22. The van der Waals surface area contributed by atoms with Crippen molar-refractivity contribution < 1.29 is 4.42 Å². The third kappa shape index (κ3) is 2.40. The van der Waals surface area contributed by atoms with Gasteiger partial charge in [-0.2, -0.15) is 0 Å². The van der Waals surface area contributed by atoms with Crippen LogP contribution >= 0.6 is 0 Å². The maximum Gasteiger partial charge on any atom is 0.106 e. The van der Waals surface area contributed by atoms with Crippen molar-refractivity contribution in [3.63, 3.8) is 0 Å². The van der Waals surface area contributed by atoms with Gasteiger partial charge in [0.25, 0.3) is 0 Å². The molecule has 2 aromatic heterocycles. The van der Waals surface area contributed by atoms with Crippen LogP contribution in [0.2, 0.25) is 0 Å². The Morgan fingerprint density at radius 2 is 2.10 bits per heavy atom. The van der Waals surface area contributed by atoms with Gasteiger partial charge in [-0.15, -0.1) is 0 Å². The number of furan rings is 1. The maximum absolute atomic E-state index is 5.68. The number of hydrogen-bond acceptors (Lipinski definition) is 3. The lowest BCUT2D eigenvalue weighted by molar-refractivity contribution is 0.431. The van der Waals surface area contributed by atoms with Crippen LogP contribution in [0.4, 0.5) is 0 Å². The lowest BCUT2D eigenvalue weighted by Gasteiger charge is -2.25. The van der Waals surface area contributed by atoms with Crippen molar-refractivity contribution in [3.8, 4) is 0 Å². The number of piperidine rings is 1. The molecule has 1 unspecified atom stereocenters. The summed E-state index contributed by atoms with van der Waals surface area (Å²) in [5.74, 6) is 2.61. The minimum Gasteiger partial charge on any atom is -0.466 e. The van der Waals surface area contributed by atoms with Crippen LogP contribution in [-0.4, -0.2) is 22.6 Å². The number of imidazole rings is 1. The molecule has 1 fully saturated rings. The molecule has 1 saturated heterocycles. The molecule has 3 rings (SSSR count). The second kappa shape index (κ2) is 5.44. The Morgan fingerprint density at radius 3 is 2.75 bits per heavy atom. The molecule has 0 aliphatic carbocycles. The highest BCUT2D eigenvalue weighted by molar-refractivity contribution is 5.26. The van der Waals surface area contributed by atoms with Crippen molar-refractivity contribution in [2.45, 2.75) is 45.6 Å². The van der Waals surface area contributed by atoms with Crippen LogP contribution in [0.5, 0.6) is 0 Å². The Morgan fingerprint density at radius 1 is 1.35 bits per heavy atom. The topological polar surface area (TPSA) is 43.0 Å². The lowest BCUT2D eigenvalue weighted by atomic mass is 9.94. The van der Waals surface area contributed by atoms with Crippen LogP contribution < -0.4 is 5.32 Å². The summed E-state index contributed by atoms with van der Waals surface area (Å²) in [6.07, 6.45) is 6.39. The van der Waals surface area contributed by atoms with Crippen molar-refractivity contribution in [1.29, 1.82) is 0 Å². The van der Waals surface area contributed by atoms with E-state index in [-0.39, 0.29) is 6.04 Å². The molecule has 108 valence electrons. The van der Waals surface area contributed by atoms with Gasteiger partial charge in [-0.1, -0.05) is 0 Å². The third-order valence-corrected chi connectivity index (χ3v) is 4.40. The monoisotopic (exact) mass is 273 g/mol. The predicted octanol–water partition coefficient (Wildman–Crippen LogP) is 3.17. The van der Waals surface area contributed by atoms with Crippen molar-refractivity contribution in [3.05, 3.63) is 41.4 Å². The Kier molecular flexibility index (Phi) is 3.66. The van der Waals surface area contributed by atoms with E-state index < -0.39 is 0 Å². The van der Waals surface area contributed by atoms with Gasteiger partial charge in [-0.3, -0.25) is 0 Å². The van der Waals surface area contributed by atoms with Crippen molar-refractivity contribution in [2.75, 3.05) is 13.1 Å². The van der Waals surface area contributed by atoms with E-state index in [1.54, 1.807) is 0 Å². The summed E-state index contributed by atoms with van der Waals surface area (Å²) in [6.45, 7) is 8.48. The van der Waals surface area contributed by atoms with Gasteiger partial charge < -0.3 is 14.3 Å². The highest BCUT2D eigenvalue weighted by atomic mass is 16.3. The van der Waals surface area contributed by atoms with Gasteiger partial charge >= 0.3 is 0 Å². The van der Waals surface area contributed by atoms with Crippen molar-refractivity contribution in [2.24, 2.45) is 0 Å². The van der Waals surface area contributed by atoms with Gasteiger partial charge in [0.15, 0.2) is 0 Å². The van der Waals surface area contributed by atoms with Gasteiger partial charge in [0, 0.05) is 23.4 Å². The van der Waals surface area contributed by atoms with E-state index in [4.69, 9.17) is 4.42 Å². The van der Waals surface area contributed by atoms with E-state index in [1.165, 1.54) is 24.1 Å². The maximum atomic E-state index is 5.68. The minimum absolute atomic E-state index is 0.278. The fourth-order valence-electron chi connectivity index (χ4n) is 3.29. The first kappa shape index (κ1) is 13.4. The average Bonchev–Trinajstić information content (AvgIpc) is 3.05. The molecular formula is C16H23N3O. The Hall–Kier alpha value is -1.55. The first-order chi connectivity index (χ1) is 9.66. The predicted molar refractivity (Wildman–Crippen MR) is 79.1 cm³/mol. The quantitative estimate of drug-likeness (QED) is 0.934. The van der Waals surface area contributed by atoms with E-state index in [1.807, 2.05) is 26.4 Å². The van der Waals surface area contributed by atoms with Crippen molar-refractivity contribution >= 4 is 0 Å². The molecule has 4 nitrogen and oxygen atoms in total. The average molecular weight is 273 g/mol. The Balaban J connectivity index is 1.90. The van der Waals surface area contributed by atoms with Crippen LogP contribution in [0.15, 0.2) is 23.0 Å². The van der Waals surface area contributed by atoms with E-state index in [2.05, 4.69) is 27.9 Å². The van der Waals surface area contributed by atoms with Crippen LogP contribution in [0.25, 0.3) is 0 Å². The summed E-state index contributed by atoms with van der Waals surface area (Å²) in [6, 6.07) is 2.42. The molecule has 3 heterocycles. The van der Waals surface area contributed by atoms with Crippen LogP contribution in [0.3, 0.4) is 0 Å². The highest BCUT2D eigenvalue weighted by Crippen LogP contribution is 2.31.